The number of carbonyl (C=O) groups excluding carboxylic acids is 1. The van der Waals surface area contributed by atoms with Gasteiger partial charge in [0, 0.05) is 45.6 Å². The second kappa shape index (κ2) is 8.21. The fourth-order valence-corrected chi connectivity index (χ4v) is 3.35. The largest absolute Gasteiger partial charge is 0.363 e. The summed E-state index contributed by atoms with van der Waals surface area (Å²) in [6.07, 6.45) is 5.69. The van der Waals surface area contributed by atoms with Crippen molar-refractivity contribution in [2.75, 3.05) is 41.6 Å². The molecule has 1 atom stereocenters. The number of aromatic nitrogens is 5. The lowest BCUT2D eigenvalue weighted by Gasteiger charge is -2.32. The maximum Gasteiger partial charge on any atom is 0.246 e. The van der Waals surface area contributed by atoms with Gasteiger partial charge in [-0.05, 0) is 25.5 Å². The SMILES string of the molecule is Cc1nc(NCc2cnn(Cc3ccc(N(C)C)nc3)c2)nc2c1NC(=O)[C@H](C)N2C. The van der Waals surface area contributed by atoms with Gasteiger partial charge in [0.1, 0.15) is 17.5 Å². The number of carbonyl (C=O) groups is 1. The lowest BCUT2D eigenvalue weighted by atomic mass is 10.2. The maximum absolute atomic E-state index is 12.1. The average molecular weight is 422 g/mol. The first kappa shape index (κ1) is 20.6. The number of fused-ring (bicyclic) bond motifs is 1. The topological polar surface area (TPSA) is 104 Å². The van der Waals surface area contributed by atoms with Gasteiger partial charge in [-0.25, -0.2) is 9.97 Å². The van der Waals surface area contributed by atoms with Crippen LogP contribution in [-0.2, 0) is 17.9 Å². The van der Waals surface area contributed by atoms with Gasteiger partial charge in [0.05, 0.1) is 18.4 Å². The number of nitrogens with one attached hydrogen (secondary N) is 2. The van der Waals surface area contributed by atoms with E-state index in [1.165, 1.54) is 0 Å². The molecule has 4 rings (SSSR count). The quantitative estimate of drug-likeness (QED) is 0.622. The number of anilines is 4. The molecule has 10 nitrogen and oxygen atoms in total. The normalized spacial score (nSPS) is 15.5. The van der Waals surface area contributed by atoms with Gasteiger partial charge in [-0.3, -0.25) is 9.48 Å². The van der Waals surface area contributed by atoms with Crippen molar-refractivity contribution in [1.29, 1.82) is 0 Å². The molecule has 0 spiro atoms. The summed E-state index contributed by atoms with van der Waals surface area (Å²) in [7, 11) is 5.80. The van der Waals surface area contributed by atoms with Gasteiger partial charge < -0.3 is 20.4 Å². The van der Waals surface area contributed by atoms with Crippen LogP contribution in [0.15, 0.2) is 30.7 Å². The van der Waals surface area contributed by atoms with Crippen molar-refractivity contribution < 1.29 is 4.79 Å². The molecule has 10 heteroatoms. The Morgan fingerprint density at radius 3 is 2.71 bits per heavy atom. The molecule has 0 aliphatic carbocycles. The predicted octanol–water partition coefficient (Wildman–Crippen LogP) is 1.88. The second-order valence-electron chi connectivity index (χ2n) is 7.93. The zero-order chi connectivity index (χ0) is 22.1. The van der Waals surface area contributed by atoms with Crippen molar-refractivity contribution in [3.63, 3.8) is 0 Å². The Kier molecular flexibility index (Phi) is 5.45. The molecule has 2 N–H and O–H groups in total. The summed E-state index contributed by atoms with van der Waals surface area (Å²) in [4.78, 5) is 29.4. The van der Waals surface area contributed by atoms with Crippen molar-refractivity contribution in [3.05, 3.63) is 47.5 Å². The molecule has 0 radical (unpaired) electrons. The highest BCUT2D eigenvalue weighted by Gasteiger charge is 2.30. The van der Waals surface area contributed by atoms with Crippen LogP contribution in [0.1, 0.15) is 23.7 Å². The van der Waals surface area contributed by atoms with E-state index < -0.39 is 0 Å². The van der Waals surface area contributed by atoms with Crippen molar-refractivity contribution in [3.8, 4) is 0 Å². The Balaban J connectivity index is 1.42. The fourth-order valence-electron chi connectivity index (χ4n) is 3.35. The average Bonchev–Trinajstić information content (AvgIpc) is 3.19. The predicted molar refractivity (Wildman–Crippen MR) is 120 cm³/mol. The molecule has 0 saturated carbocycles. The minimum absolute atomic E-state index is 0.0543. The Labute approximate surface area is 181 Å². The maximum atomic E-state index is 12.1. The van der Waals surface area contributed by atoms with Gasteiger partial charge in [0.2, 0.25) is 11.9 Å². The van der Waals surface area contributed by atoms with Crippen molar-refractivity contribution in [2.45, 2.75) is 33.0 Å². The number of hydrogen-bond donors (Lipinski definition) is 2. The molecular formula is C21H27N9O. The van der Waals surface area contributed by atoms with Crippen LogP contribution in [0.4, 0.5) is 23.3 Å². The molecule has 0 aromatic carbocycles. The number of pyridine rings is 1. The highest BCUT2D eigenvalue weighted by atomic mass is 16.2. The third kappa shape index (κ3) is 4.27. The molecule has 3 aromatic rings. The Morgan fingerprint density at radius 2 is 2.00 bits per heavy atom. The van der Waals surface area contributed by atoms with E-state index in [2.05, 4.69) is 36.8 Å². The smallest absolute Gasteiger partial charge is 0.246 e. The summed E-state index contributed by atoms with van der Waals surface area (Å²) in [5, 5.41) is 10.6. The van der Waals surface area contributed by atoms with Crippen LogP contribution in [0.2, 0.25) is 0 Å². The van der Waals surface area contributed by atoms with Crippen LogP contribution in [-0.4, -0.2) is 57.8 Å². The molecule has 0 unspecified atom stereocenters. The van der Waals surface area contributed by atoms with Gasteiger partial charge in [-0.2, -0.15) is 10.1 Å². The first-order valence-electron chi connectivity index (χ1n) is 10.1. The molecule has 0 bridgehead atoms. The van der Waals surface area contributed by atoms with E-state index in [9.17, 15) is 4.79 Å². The van der Waals surface area contributed by atoms with E-state index in [0.29, 0.717) is 30.5 Å². The summed E-state index contributed by atoms with van der Waals surface area (Å²) < 4.78 is 1.88. The molecule has 1 aliphatic rings. The van der Waals surface area contributed by atoms with E-state index in [1.54, 1.807) is 0 Å². The number of likely N-dealkylation sites (N-methyl/N-ethyl adjacent to an activating group) is 1. The second-order valence-corrected chi connectivity index (χ2v) is 7.93. The Morgan fingerprint density at radius 1 is 1.19 bits per heavy atom. The summed E-state index contributed by atoms with van der Waals surface area (Å²) in [5.74, 6) is 2.10. The van der Waals surface area contributed by atoms with Crippen LogP contribution in [0, 0.1) is 6.92 Å². The number of nitrogens with zero attached hydrogens (tertiary/aromatic N) is 7. The summed E-state index contributed by atoms with van der Waals surface area (Å²) in [5.41, 5.74) is 3.50. The van der Waals surface area contributed by atoms with Gasteiger partial charge in [-0.15, -0.1) is 0 Å². The molecular weight excluding hydrogens is 394 g/mol. The minimum atomic E-state index is -0.283. The van der Waals surface area contributed by atoms with Gasteiger partial charge in [0.15, 0.2) is 5.82 Å². The van der Waals surface area contributed by atoms with Gasteiger partial charge >= 0.3 is 0 Å². The van der Waals surface area contributed by atoms with E-state index in [4.69, 9.17) is 0 Å². The molecule has 0 saturated heterocycles. The van der Waals surface area contributed by atoms with Crippen LogP contribution < -0.4 is 20.4 Å². The zero-order valence-corrected chi connectivity index (χ0v) is 18.4. The molecule has 162 valence electrons. The van der Waals surface area contributed by atoms with Crippen LogP contribution in [0.25, 0.3) is 0 Å². The lowest BCUT2D eigenvalue weighted by molar-refractivity contribution is -0.117. The summed E-state index contributed by atoms with van der Waals surface area (Å²) in [6, 6.07) is 3.77. The van der Waals surface area contributed by atoms with E-state index in [0.717, 1.165) is 22.6 Å². The van der Waals surface area contributed by atoms with E-state index in [1.807, 2.05) is 74.1 Å². The van der Waals surface area contributed by atoms with E-state index in [-0.39, 0.29) is 11.9 Å². The van der Waals surface area contributed by atoms with Gasteiger partial charge in [-0.1, -0.05) is 6.07 Å². The van der Waals surface area contributed by atoms with Crippen molar-refractivity contribution in [1.82, 2.24) is 24.7 Å². The first-order valence-corrected chi connectivity index (χ1v) is 10.1. The lowest BCUT2D eigenvalue weighted by Crippen LogP contribution is -2.44. The molecule has 4 heterocycles. The first-order chi connectivity index (χ1) is 14.8. The monoisotopic (exact) mass is 421 g/mol. The molecule has 3 aromatic heterocycles. The summed E-state index contributed by atoms with van der Waals surface area (Å²) in [6.45, 7) is 4.91. The van der Waals surface area contributed by atoms with Crippen LogP contribution in [0.5, 0.6) is 0 Å². The molecule has 31 heavy (non-hydrogen) atoms. The van der Waals surface area contributed by atoms with E-state index >= 15 is 0 Å². The summed E-state index contributed by atoms with van der Waals surface area (Å²) >= 11 is 0. The number of amides is 1. The molecule has 1 aliphatic heterocycles. The minimum Gasteiger partial charge on any atom is -0.363 e. The van der Waals surface area contributed by atoms with Gasteiger partial charge in [0.25, 0.3) is 0 Å². The van der Waals surface area contributed by atoms with Crippen molar-refractivity contribution in [2.24, 2.45) is 0 Å². The third-order valence-electron chi connectivity index (χ3n) is 5.36. The Hall–Kier alpha value is -3.69. The number of rotatable bonds is 6. The standard InChI is InChI=1S/C21H27N9O/c1-13-18-19(29(5)14(2)20(31)26-18)27-21(25-13)23-9-16-10-24-30(12-16)11-15-6-7-17(22-8-15)28(3)4/h6-8,10,12,14H,9,11H2,1-5H3,(H,26,31)(H,23,25,27)/t14-/m0/s1. The highest BCUT2D eigenvalue weighted by molar-refractivity contribution is 6.03. The number of hydrogen-bond acceptors (Lipinski definition) is 8. The molecule has 0 fully saturated rings. The molecule has 1 amide bonds. The highest BCUT2D eigenvalue weighted by Crippen LogP contribution is 2.32. The third-order valence-corrected chi connectivity index (χ3v) is 5.36. The fraction of sp³-hybridized carbons (Fsp3) is 0.381. The zero-order valence-electron chi connectivity index (χ0n) is 18.4. The van der Waals surface area contributed by atoms with Crippen LogP contribution in [0.3, 0.4) is 0 Å². The Bertz CT molecular complexity index is 1090. The van der Waals surface area contributed by atoms with Crippen LogP contribution >= 0.6 is 0 Å². The van der Waals surface area contributed by atoms with Crippen molar-refractivity contribution >= 4 is 29.2 Å². The number of aryl methyl sites for hydroxylation is 1.